The largest absolute Gasteiger partial charge is 0.453 e. The Morgan fingerprint density at radius 3 is 1.29 bits per heavy atom. The van der Waals surface area contributed by atoms with Crippen LogP contribution in [0.1, 0.15) is 70.2 Å². The van der Waals surface area contributed by atoms with Gasteiger partial charge >= 0.3 is 6.09 Å². The lowest BCUT2D eigenvalue weighted by molar-refractivity contribution is 0.168. The third-order valence-corrected chi connectivity index (χ3v) is 3.17. The second kappa shape index (κ2) is 22.2. The van der Waals surface area contributed by atoms with E-state index in [4.69, 9.17) is 0 Å². The van der Waals surface area contributed by atoms with Crippen LogP contribution in [0.5, 0.6) is 0 Å². The van der Waals surface area contributed by atoms with Gasteiger partial charge in [-0.2, -0.15) is 0 Å². The molecular formula is C19H49N3O2. The highest BCUT2D eigenvalue weighted by molar-refractivity contribution is 5.67. The molecule has 0 aliphatic heterocycles. The predicted octanol–water partition coefficient (Wildman–Crippen LogP) is 4.72. The maximum absolute atomic E-state index is 10.3. The van der Waals surface area contributed by atoms with Crippen LogP contribution in [0.3, 0.4) is 0 Å². The van der Waals surface area contributed by atoms with Gasteiger partial charge in [0.2, 0.25) is 0 Å². The average Bonchev–Trinajstić information content (AvgIpc) is 2.40. The van der Waals surface area contributed by atoms with Gasteiger partial charge in [-0.05, 0) is 68.7 Å². The fraction of sp³-hybridized carbons (Fsp3) is 0.947. The smallest absolute Gasteiger partial charge is 0.407 e. The first kappa shape index (κ1) is 34.5. The van der Waals surface area contributed by atoms with Gasteiger partial charge in [0.05, 0.1) is 7.11 Å². The molecule has 0 spiro atoms. The summed E-state index contributed by atoms with van der Waals surface area (Å²) < 4.78 is 4.31. The van der Waals surface area contributed by atoms with Crippen molar-refractivity contribution in [1.82, 2.24) is 15.1 Å². The van der Waals surface area contributed by atoms with Crippen LogP contribution in [0.4, 0.5) is 4.79 Å². The van der Waals surface area contributed by atoms with Crippen molar-refractivity contribution < 1.29 is 9.53 Å². The molecule has 0 aliphatic carbocycles. The second-order valence-corrected chi connectivity index (χ2v) is 6.16. The molecule has 0 radical (unpaired) electrons. The predicted molar refractivity (Wildman–Crippen MR) is 111 cm³/mol. The van der Waals surface area contributed by atoms with Gasteiger partial charge in [-0.1, -0.05) is 28.7 Å². The molecule has 0 unspecified atom stereocenters. The summed E-state index contributed by atoms with van der Waals surface area (Å²) >= 11 is 0. The average molecular weight is 352 g/mol. The molecule has 0 heterocycles. The Morgan fingerprint density at radius 2 is 1.25 bits per heavy atom. The summed E-state index contributed by atoms with van der Waals surface area (Å²) in [5.41, 5.74) is 0. The molecule has 0 aliphatic rings. The number of hydrogen-bond acceptors (Lipinski definition) is 4. The second-order valence-electron chi connectivity index (χ2n) is 6.16. The summed E-state index contributed by atoms with van der Waals surface area (Å²) in [6.45, 7) is 19.3. The molecule has 0 fully saturated rings. The highest BCUT2D eigenvalue weighted by atomic mass is 16.5. The van der Waals surface area contributed by atoms with E-state index < -0.39 is 0 Å². The number of amides is 1. The Labute approximate surface area is 154 Å². The summed E-state index contributed by atoms with van der Waals surface area (Å²) in [7, 11) is 5.49. The molecule has 24 heavy (non-hydrogen) atoms. The zero-order chi connectivity index (χ0) is 18.3. The molecule has 1 N–H and O–H groups in total. The molecule has 1 amide bonds. The van der Waals surface area contributed by atoms with Crippen LogP contribution in [-0.2, 0) is 4.74 Å². The first-order valence-corrected chi connectivity index (χ1v) is 8.28. The van der Waals surface area contributed by atoms with E-state index in [2.05, 4.69) is 75.5 Å². The number of nitrogens with one attached hydrogen (secondary N) is 1. The summed E-state index contributed by atoms with van der Waals surface area (Å²) in [6, 6.07) is 1.55. The number of rotatable bonds is 5. The molecule has 0 aromatic heterocycles. The highest BCUT2D eigenvalue weighted by Gasteiger charge is 2.00. The van der Waals surface area contributed by atoms with Crippen LogP contribution < -0.4 is 5.32 Å². The third-order valence-electron chi connectivity index (χ3n) is 3.17. The Bertz CT molecular complexity index is 233. The van der Waals surface area contributed by atoms with Crippen LogP contribution >= 0.6 is 0 Å². The summed E-state index contributed by atoms with van der Waals surface area (Å²) in [5.74, 6) is 0. The summed E-state index contributed by atoms with van der Waals surface area (Å²) in [4.78, 5) is 14.9. The Hall–Kier alpha value is -0.810. The molecular weight excluding hydrogens is 302 g/mol. The number of hydrogen-bond donors (Lipinski definition) is 1. The van der Waals surface area contributed by atoms with Crippen molar-refractivity contribution >= 4 is 6.09 Å². The van der Waals surface area contributed by atoms with Crippen molar-refractivity contribution in [2.75, 3.05) is 34.3 Å². The summed E-state index contributed by atoms with van der Waals surface area (Å²) in [6.07, 6.45) is -0.375. The monoisotopic (exact) mass is 351 g/mol. The lowest BCUT2D eigenvalue weighted by Crippen LogP contribution is -2.29. The number of carbonyl (C=O) groups excluding carboxylic acids is 1. The maximum Gasteiger partial charge on any atom is 0.407 e. The van der Waals surface area contributed by atoms with Gasteiger partial charge in [-0.25, -0.2) is 4.79 Å². The maximum atomic E-state index is 10.3. The molecule has 0 bridgehead atoms. The molecule has 0 saturated heterocycles. The van der Waals surface area contributed by atoms with Crippen LogP contribution in [0.15, 0.2) is 0 Å². The fourth-order valence-corrected chi connectivity index (χ4v) is 1.25. The van der Waals surface area contributed by atoms with Crippen LogP contribution in [0, 0.1) is 0 Å². The Kier molecular flexibility index (Phi) is 31.9. The van der Waals surface area contributed by atoms with Crippen molar-refractivity contribution in [3.05, 3.63) is 0 Å². The van der Waals surface area contributed by atoms with Crippen molar-refractivity contribution in [2.45, 2.75) is 88.4 Å². The number of ether oxygens (including phenoxy) is 1. The lowest BCUT2D eigenvalue weighted by atomic mass is 10.3. The lowest BCUT2D eigenvalue weighted by Gasteiger charge is -2.21. The van der Waals surface area contributed by atoms with Gasteiger partial charge in [-0.3, -0.25) is 0 Å². The number of methoxy groups -OCH3 is 1. The molecule has 0 aromatic carbocycles. The number of alkyl carbamates (subject to hydrolysis) is 1. The molecule has 0 aromatic rings. The van der Waals surface area contributed by atoms with Crippen LogP contribution in [0.2, 0.25) is 0 Å². The molecule has 0 rings (SSSR count). The van der Waals surface area contributed by atoms with E-state index in [1.54, 1.807) is 0 Å². The van der Waals surface area contributed by atoms with E-state index in [1.807, 2.05) is 13.8 Å². The molecule has 0 atom stereocenters. The van der Waals surface area contributed by atoms with Gasteiger partial charge in [0.1, 0.15) is 0 Å². The first-order chi connectivity index (χ1) is 10.0. The molecule has 5 heteroatoms. The minimum atomic E-state index is -0.375. The van der Waals surface area contributed by atoms with Crippen molar-refractivity contribution in [2.24, 2.45) is 0 Å². The minimum Gasteiger partial charge on any atom is -0.453 e. The zero-order valence-corrected chi connectivity index (χ0v) is 16.9. The Morgan fingerprint density at radius 1 is 0.917 bits per heavy atom. The topological polar surface area (TPSA) is 44.8 Å². The van der Waals surface area contributed by atoms with Gasteiger partial charge in [0.25, 0.3) is 0 Å². The van der Waals surface area contributed by atoms with Crippen molar-refractivity contribution in [3.63, 3.8) is 0 Å². The first-order valence-electron chi connectivity index (χ1n) is 8.28. The van der Waals surface area contributed by atoms with Crippen molar-refractivity contribution in [1.29, 1.82) is 0 Å². The van der Waals surface area contributed by atoms with Gasteiger partial charge in [0.15, 0.2) is 0 Å². The van der Waals surface area contributed by atoms with Crippen LogP contribution in [0.25, 0.3) is 0 Å². The van der Waals surface area contributed by atoms with E-state index in [9.17, 15) is 4.79 Å². The number of carbonyl (C=O) groups is 1. The quantitative estimate of drug-likeness (QED) is 0.778. The van der Waals surface area contributed by atoms with E-state index in [0.717, 1.165) is 0 Å². The standard InChI is InChI=1S/C7H17N.C5H11NO2.C5H13N.2CH4/c1-5-8(6-2)7(3)4;1-4(2)6-5(7)8-3;1-5(2)6(3)4;;/h7H,5-6H2,1-4H3;4H,1-3H3,(H,6,7);5H,1-4H3;2*1H4. The molecule has 0 saturated carbocycles. The van der Waals surface area contributed by atoms with E-state index in [-0.39, 0.29) is 27.0 Å². The minimum absolute atomic E-state index is 0. The van der Waals surface area contributed by atoms with Crippen LogP contribution in [-0.4, -0.2) is 68.3 Å². The van der Waals surface area contributed by atoms with Gasteiger partial charge in [0, 0.05) is 18.1 Å². The highest BCUT2D eigenvalue weighted by Crippen LogP contribution is 1.94. The fourth-order valence-electron chi connectivity index (χ4n) is 1.25. The van der Waals surface area contributed by atoms with Gasteiger partial charge in [-0.15, -0.1) is 0 Å². The van der Waals surface area contributed by atoms with E-state index in [0.29, 0.717) is 12.1 Å². The Balaban J connectivity index is -0.0000000730. The van der Waals surface area contributed by atoms with Gasteiger partial charge < -0.3 is 19.9 Å². The number of nitrogens with zero attached hydrogens (tertiary/aromatic N) is 2. The SMILES string of the molecule is C.C.CC(C)N(C)C.CCN(CC)C(C)C.COC(=O)NC(C)C. The van der Waals surface area contributed by atoms with Crippen molar-refractivity contribution in [3.8, 4) is 0 Å². The zero-order valence-electron chi connectivity index (χ0n) is 16.9. The molecule has 152 valence electrons. The normalized spacial score (nSPS) is 9.50. The molecule has 5 nitrogen and oxygen atoms in total. The van der Waals surface area contributed by atoms with E-state index >= 15 is 0 Å². The summed E-state index contributed by atoms with van der Waals surface area (Å²) in [5, 5.41) is 2.53. The third kappa shape index (κ3) is 29.2. The van der Waals surface area contributed by atoms with E-state index in [1.165, 1.54) is 20.2 Å².